The van der Waals surface area contributed by atoms with Gasteiger partial charge >= 0.3 is 0 Å². The molecule has 2 nitrogen and oxygen atoms in total. The Balaban J connectivity index is 1.91. The van der Waals surface area contributed by atoms with Crippen LogP contribution in [-0.4, -0.2) is 33.5 Å². The average molecular weight is 272 g/mol. The van der Waals surface area contributed by atoms with Crippen molar-refractivity contribution < 1.29 is 0 Å². The van der Waals surface area contributed by atoms with E-state index in [9.17, 15) is 0 Å². The number of hydrogen-bond donors (Lipinski definition) is 1. The molecule has 2 aliphatic heterocycles. The zero-order valence-corrected chi connectivity index (χ0v) is 12.8. The monoisotopic (exact) mass is 272 g/mol. The number of nitrogens with zero attached hydrogens (tertiary/aromatic N) is 1. The second-order valence-electron chi connectivity index (χ2n) is 5.42. The van der Waals surface area contributed by atoms with Crippen molar-refractivity contribution in [2.45, 2.75) is 56.7 Å². The Morgan fingerprint density at radius 3 is 2.65 bits per heavy atom. The van der Waals surface area contributed by atoms with Gasteiger partial charge in [-0.05, 0) is 38.4 Å². The summed E-state index contributed by atoms with van der Waals surface area (Å²) in [7, 11) is 0. The molecule has 98 valence electrons. The lowest BCUT2D eigenvalue weighted by Gasteiger charge is -2.25. The molecule has 0 aromatic carbocycles. The van der Waals surface area contributed by atoms with Crippen molar-refractivity contribution >= 4 is 28.7 Å². The fraction of sp³-hybridized carbons (Fsp3) is 0.923. The molecule has 2 aliphatic rings. The fourth-order valence-electron chi connectivity index (χ4n) is 2.42. The SMILES string of the molecule is CCC1(CC)CSC(=NCC2(C)CCCS2)N1. The van der Waals surface area contributed by atoms with Crippen LogP contribution in [0, 0.1) is 0 Å². The van der Waals surface area contributed by atoms with Crippen LogP contribution < -0.4 is 5.32 Å². The molecule has 0 aliphatic carbocycles. The van der Waals surface area contributed by atoms with E-state index in [-0.39, 0.29) is 0 Å². The van der Waals surface area contributed by atoms with Crippen molar-refractivity contribution in [2.24, 2.45) is 4.99 Å². The van der Waals surface area contributed by atoms with Gasteiger partial charge in [0.05, 0.1) is 6.54 Å². The number of thioether (sulfide) groups is 2. The molecule has 1 unspecified atom stereocenters. The van der Waals surface area contributed by atoms with Crippen molar-refractivity contribution in [3.63, 3.8) is 0 Å². The van der Waals surface area contributed by atoms with Crippen molar-refractivity contribution in [3.05, 3.63) is 0 Å². The predicted molar refractivity (Wildman–Crippen MR) is 81.3 cm³/mol. The summed E-state index contributed by atoms with van der Waals surface area (Å²) < 4.78 is 0.402. The second-order valence-corrected chi connectivity index (χ2v) is 8.07. The van der Waals surface area contributed by atoms with Crippen LogP contribution in [0.25, 0.3) is 0 Å². The fourth-order valence-corrected chi connectivity index (χ4v) is 4.99. The Morgan fingerprint density at radius 2 is 2.12 bits per heavy atom. The summed E-state index contributed by atoms with van der Waals surface area (Å²) in [6, 6.07) is 0. The van der Waals surface area contributed by atoms with Crippen LogP contribution in [-0.2, 0) is 0 Å². The lowest BCUT2D eigenvalue weighted by molar-refractivity contribution is 0.407. The van der Waals surface area contributed by atoms with Gasteiger partial charge in [-0.25, -0.2) is 0 Å². The zero-order chi connectivity index (χ0) is 12.4. The number of amidine groups is 1. The maximum absolute atomic E-state index is 4.82. The van der Waals surface area contributed by atoms with Gasteiger partial charge in [-0.15, -0.1) is 0 Å². The van der Waals surface area contributed by atoms with Crippen LogP contribution in [0.1, 0.15) is 46.5 Å². The van der Waals surface area contributed by atoms with Gasteiger partial charge in [0.2, 0.25) is 0 Å². The predicted octanol–water partition coefficient (Wildman–Crippen LogP) is 3.52. The molecule has 1 atom stereocenters. The summed E-state index contributed by atoms with van der Waals surface area (Å²) in [6.45, 7) is 7.89. The summed E-state index contributed by atoms with van der Waals surface area (Å²) in [6.07, 6.45) is 5.08. The third kappa shape index (κ3) is 3.14. The van der Waals surface area contributed by atoms with Crippen LogP contribution in [0.5, 0.6) is 0 Å². The number of hydrogen-bond acceptors (Lipinski definition) is 3. The molecule has 0 aromatic heterocycles. The number of nitrogens with one attached hydrogen (secondary N) is 1. The van der Waals surface area contributed by atoms with Gasteiger partial charge in [-0.1, -0.05) is 25.6 Å². The Bertz CT molecular complexity index is 292. The minimum atomic E-state index is 0.313. The van der Waals surface area contributed by atoms with E-state index in [4.69, 9.17) is 4.99 Å². The van der Waals surface area contributed by atoms with Crippen molar-refractivity contribution in [1.29, 1.82) is 0 Å². The Kier molecular flexibility index (Phi) is 4.35. The van der Waals surface area contributed by atoms with E-state index < -0.39 is 0 Å². The second kappa shape index (κ2) is 5.43. The number of aliphatic imine (C=N–C) groups is 1. The van der Waals surface area contributed by atoms with Gasteiger partial charge in [0, 0.05) is 16.0 Å². The summed E-state index contributed by atoms with van der Waals surface area (Å²) in [5, 5.41) is 4.83. The van der Waals surface area contributed by atoms with Crippen LogP contribution >= 0.6 is 23.5 Å². The molecule has 4 heteroatoms. The van der Waals surface area contributed by atoms with Gasteiger partial charge in [-0.2, -0.15) is 11.8 Å². The molecule has 2 saturated heterocycles. The highest BCUT2D eigenvalue weighted by atomic mass is 32.2. The average Bonchev–Trinajstić information content (AvgIpc) is 2.95. The topological polar surface area (TPSA) is 24.4 Å². The van der Waals surface area contributed by atoms with Crippen LogP contribution in [0.15, 0.2) is 4.99 Å². The van der Waals surface area contributed by atoms with Gasteiger partial charge in [0.15, 0.2) is 5.17 Å². The van der Waals surface area contributed by atoms with Gasteiger partial charge < -0.3 is 5.32 Å². The minimum Gasteiger partial charge on any atom is -0.359 e. The van der Waals surface area contributed by atoms with Crippen molar-refractivity contribution in [1.82, 2.24) is 5.32 Å². The van der Waals surface area contributed by atoms with Crippen molar-refractivity contribution in [3.8, 4) is 0 Å². The summed E-state index contributed by atoms with van der Waals surface area (Å²) in [5.74, 6) is 2.50. The van der Waals surface area contributed by atoms with E-state index >= 15 is 0 Å². The lowest BCUT2D eigenvalue weighted by atomic mass is 9.96. The molecule has 17 heavy (non-hydrogen) atoms. The normalized spacial score (nSPS) is 34.2. The molecule has 2 heterocycles. The molecule has 2 rings (SSSR count). The van der Waals surface area contributed by atoms with Gasteiger partial charge in [-0.3, -0.25) is 4.99 Å². The largest absolute Gasteiger partial charge is 0.359 e. The molecule has 1 N–H and O–H groups in total. The first-order chi connectivity index (χ1) is 8.11. The molecule has 2 fully saturated rings. The molecule has 0 aromatic rings. The van der Waals surface area contributed by atoms with Crippen LogP contribution in [0.4, 0.5) is 0 Å². The quantitative estimate of drug-likeness (QED) is 0.847. The number of rotatable bonds is 4. The first-order valence-corrected chi connectivity index (χ1v) is 8.68. The molecular formula is C13H24N2S2. The van der Waals surface area contributed by atoms with E-state index in [1.807, 2.05) is 11.8 Å². The molecule has 0 spiro atoms. The molecular weight excluding hydrogens is 248 g/mol. The summed E-state index contributed by atoms with van der Waals surface area (Å²) in [4.78, 5) is 4.82. The maximum Gasteiger partial charge on any atom is 0.157 e. The maximum atomic E-state index is 4.82. The Hall–Kier alpha value is 0.170. The highest BCUT2D eigenvalue weighted by Crippen LogP contribution is 2.38. The molecule has 0 bridgehead atoms. The highest BCUT2D eigenvalue weighted by molar-refractivity contribution is 8.14. The first-order valence-electron chi connectivity index (χ1n) is 6.71. The zero-order valence-electron chi connectivity index (χ0n) is 11.2. The van der Waals surface area contributed by atoms with Gasteiger partial charge in [0.1, 0.15) is 0 Å². The highest BCUT2D eigenvalue weighted by Gasteiger charge is 2.35. The third-order valence-electron chi connectivity index (χ3n) is 4.07. The smallest absolute Gasteiger partial charge is 0.157 e. The van der Waals surface area contributed by atoms with E-state index in [0.717, 1.165) is 6.54 Å². The Labute approximate surface area is 114 Å². The lowest BCUT2D eigenvalue weighted by Crippen LogP contribution is -2.42. The van der Waals surface area contributed by atoms with Crippen molar-refractivity contribution in [2.75, 3.05) is 18.1 Å². The Morgan fingerprint density at radius 1 is 1.35 bits per heavy atom. The van der Waals surface area contributed by atoms with E-state index in [1.165, 1.54) is 42.4 Å². The molecule has 0 saturated carbocycles. The van der Waals surface area contributed by atoms with Crippen LogP contribution in [0.2, 0.25) is 0 Å². The molecule has 0 radical (unpaired) electrons. The standard InChI is InChI=1S/C13H24N2S2/c1-4-13(5-2)10-16-11(15-13)14-9-12(3)7-6-8-17-12/h4-10H2,1-3H3,(H,14,15). The van der Waals surface area contributed by atoms with E-state index in [0.29, 0.717) is 10.3 Å². The minimum absolute atomic E-state index is 0.313. The van der Waals surface area contributed by atoms with Crippen LogP contribution in [0.3, 0.4) is 0 Å². The third-order valence-corrected chi connectivity index (χ3v) is 6.79. The van der Waals surface area contributed by atoms with E-state index in [1.54, 1.807) is 0 Å². The van der Waals surface area contributed by atoms with E-state index in [2.05, 4.69) is 37.8 Å². The van der Waals surface area contributed by atoms with Gasteiger partial charge in [0.25, 0.3) is 0 Å². The molecule has 0 amide bonds. The summed E-state index contributed by atoms with van der Waals surface area (Å²) >= 11 is 4.01. The first kappa shape index (κ1) is 13.6. The summed E-state index contributed by atoms with van der Waals surface area (Å²) in [5.41, 5.74) is 0.313.